The Morgan fingerprint density at radius 2 is 1.83 bits per heavy atom. The molecule has 5 rings (SSSR count). The Kier molecular flexibility index (Phi) is 7.06. The van der Waals surface area contributed by atoms with Crippen molar-refractivity contribution in [3.63, 3.8) is 0 Å². The molecule has 0 saturated carbocycles. The summed E-state index contributed by atoms with van der Waals surface area (Å²) in [6.45, 7) is 4.88. The van der Waals surface area contributed by atoms with E-state index in [9.17, 15) is 4.79 Å². The number of likely N-dealkylation sites (tertiary alicyclic amines) is 1. The molecule has 1 saturated heterocycles. The van der Waals surface area contributed by atoms with Crippen LogP contribution in [0.2, 0.25) is 0 Å². The molecule has 186 valence electrons. The first-order chi connectivity index (χ1) is 17.5. The second-order valence-electron chi connectivity index (χ2n) is 9.13. The van der Waals surface area contributed by atoms with E-state index < -0.39 is 0 Å². The first-order valence-electron chi connectivity index (χ1n) is 12.3. The maximum atomic E-state index is 13.1. The molecule has 0 radical (unpaired) electrons. The summed E-state index contributed by atoms with van der Waals surface area (Å²) in [7, 11) is 0. The number of amides is 1. The van der Waals surface area contributed by atoms with Gasteiger partial charge in [0.2, 0.25) is 17.6 Å². The number of carbonyl (C=O) groups excluding carboxylic acids is 1. The zero-order valence-corrected chi connectivity index (χ0v) is 20.5. The van der Waals surface area contributed by atoms with Crippen LogP contribution < -0.4 is 4.74 Å². The molecular weight excluding hydrogens is 458 g/mol. The second kappa shape index (κ2) is 10.7. The smallest absolute Gasteiger partial charge is 0.264 e. The minimum absolute atomic E-state index is 0.0114. The van der Waals surface area contributed by atoms with Crippen LogP contribution in [0.4, 0.5) is 0 Å². The molecule has 3 heterocycles. The van der Waals surface area contributed by atoms with Crippen molar-refractivity contribution in [2.24, 2.45) is 0 Å². The van der Waals surface area contributed by atoms with Gasteiger partial charge in [-0.3, -0.25) is 4.79 Å². The number of ether oxygens (including phenoxy) is 1. The number of piperidine rings is 1. The SMILES string of the molecule is Cc1ccc(OCc2nc(C3CCCCN3C(=O)CCc3nc(-c4cccc(C)c4)no3)no2)cc1. The van der Waals surface area contributed by atoms with Crippen LogP contribution in [0.1, 0.15) is 60.5 Å². The van der Waals surface area contributed by atoms with Gasteiger partial charge in [-0.2, -0.15) is 9.97 Å². The van der Waals surface area contributed by atoms with E-state index in [4.69, 9.17) is 13.8 Å². The summed E-state index contributed by atoms with van der Waals surface area (Å²) in [6, 6.07) is 15.5. The first kappa shape index (κ1) is 23.7. The number of hydrogen-bond acceptors (Lipinski definition) is 8. The molecule has 2 aromatic carbocycles. The minimum atomic E-state index is -0.214. The van der Waals surface area contributed by atoms with E-state index in [0.717, 1.165) is 41.7 Å². The van der Waals surface area contributed by atoms with Gasteiger partial charge in [-0.15, -0.1) is 0 Å². The van der Waals surface area contributed by atoms with E-state index in [1.165, 1.54) is 0 Å². The van der Waals surface area contributed by atoms with Crippen LogP contribution in [-0.4, -0.2) is 37.6 Å². The number of nitrogens with zero attached hydrogens (tertiary/aromatic N) is 5. The van der Waals surface area contributed by atoms with E-state index in [2.05, 4.69) is 20.3 Å². The number of aromatic nitrogens is 4. The van der Waals surface area contributed by atoms with E-state index in [-0.39, 0.29) is 25.0 Å². The van der Waals surface area contributed by atoms with Crippen LogP contribution in [0.3, 0.4) is 0 Å². The molecule has 1 amide bonds. The molecule has 1 atom stereocenters. The maximum Gasteiger partial charge on any atom is 0.264 e. The van der Waals surface area contributed by atoms with Crippen LogP contribution in [0, 0.1) is 13.8 Å². The van der Waals surface area contributed by atoms with Crippen molar-refractivity contribution >= 4 is 5.91 Å². The zero-order valence-electron chi connectivity index (χ0n) is 20.5. The second-order valence-corrected chi connectivity index (χ2v) is 9.13. The Bertz CT molecular complexity index is 1310. The Morgan fingerprint density at radius 3 is 2.67 bits per heavy atom. The fraction of sp³-hybridized carbons (Fsp3) is 0.370. The van der Waals surface area contributed by atoms with Gasteiger partial charge in [0.1, 0.15) is 5.75 Å². The molecule has 9 heteroatoms. The average Bonchev–Trinajstić information content (AvgIpc) is 3.57. The van der Waals surface area contributed by atoms with Crippen molar-refractivity contribution in [2.75, 3.05) is 6.54 Å². The normalized spacial score (nSPS) is 15.7. The van der Waals surface area contributed by atoms with Crippen molar-refractivity contribution in [3.8, 4) is 17.1 Å². The quantitative estimate of drug-likeness (QED) is 0.342. The molecule has 9 nitrogen and oxygen atoms in total. The van der Waals surface area contributed by atoms with Crippen molar-refractivity contribution in [1.82, 2.24) is 25.2 Å². The van der Waals surface area contributed by atoms with E-state index in [1.807, 2.05) is 67.3 Å². The van der Waals surface area contributed by atoms with Gasteiger partial charge in [0, 0.05) is 24.9 Å². The Balaban J connectivity index is 1.19. The third kappa shape index (κ3) is 5.62. The fourth-order valence-corrected chi connectivity index (χ4v) is 4.36. The standard InChI is InChI=1S/C27H29N5O4/c1-18-9-11-21(12-10-18)34-17-24-29-27(31-36-24)22-8-3-4-15-32(22)25(33)14-13-23-28-26(30-35-23)20-7-5-6-19(2)16-20/h5-7,9-12,16,22H,3-4,8,13-15,17H2,1-2H3. The van der Waals surface area contributed by atoms with Crippen LogP contribution in [0.5, 0.6) is 5.75 Å². The molecule has 1 unspecified atom stereocenters. The van der Waals surface area contributed by atoms with Gasteiger partial charge >= 0.3 is 0 Å². The monoisotopic (exact) mass is 487 g/mol. The average molecular weight is 488 g/mol. The van der Waals surface area contributed by atoms with Crippen LogP contribution in [0.15, 0.2) is 57.6 Å². The van der Waals surface area contributed by atoms with Gasteiger partial charge in [0.15, 0.2) is 12.4 Å². The zero-order chi connectivity index (χ0) is 24.9. The maximum absolute atomic E-state index is 13.1. The van der Waals surface area contributed by atoms with E-state index in [1.54, 1.807) is 0 Å². The minimum Gasteiger partial charge on any atom is -0.484 e. The molecule has 0 bridgehead atoms. The third-order valence-corrected chi connectivity index (χ3v) is 6.29. The Hall–Kier alpha value is -4.01. The highest BCUT2D eigenvalue weighted by atomic mass is 16.5. The van der Waals surface area contributed by atoms with Crippen molar-refractivity contribution in [3.05, 3.63) is 77.3 Å². The molecule has 0 N–H and O–H groups in total. The lowest BCUT2D eigenvalue weighted by Gasteiger charge is -2.33. The number of hydrogen-bond donors (Lipinski definition) is 0. The topological polar surface area (TPSA) is 107 Å². The predicted molar refractivity (Wildman–Crippen MR) is 131 cm³/mol. The van der Waals surface area contributed by atoms with Gasteiger partial charge in [-0.1, -0.05) is 51.8 Å². The van der Waals surface area contributed by atoms with Gasteiger partial charge < -0.3 is 18.7 Å². The van der Waals surface area contributed by atoms with Gasteiger partial charge in [0.05, 0.1) is 6.04 Å². The van der Waals surface area contributed by atoms with Gasteiger partial charge in [-0.25, -0.2) is 0 Å². The lowest BCUT2D eigenvalue weighted by Crippen LogP contribution is -2.39. The van der Waals surface area contributed by atoms with Crippen molar-refractivity contribution in [1.29, 1.82) is 0 Å². The Labute approximate surface area is 209 Å². The van der Waals surface area contributed by atoms with E-state index in [0.29, 0.717) is 36.4 Å². The van der Waals surface area contributed by atoms with Gasteiger partial charge in [-0.05, 0) is 51.3 Å². The van der Waals surface area contributed by atoms with E-state index >= 15 is 0 Å². The summed E-state index contributed by atoms with van der Waals surface area (Å²) in [5.41, 5.74) is 3.18. The number of benzene rings is 2. The highest BCUT2D eigenvalue weighted by Gasteiger charge is 2.31. The third-order valence-electron chi connectivity index (χ3n) is 6.29. The Morgan fingerprint density at radius 1 is 1.00 bits per heavy atom. The van der Waals surface area contributed by atoms with Crippen LogP contribution >= 0.6 is 0 Å². The summed E-state index contributed by atoms with van der Waals surface area (Å²) in [4.78, 5) is 24.0. The highest BCUT2D eigenvalue weighted by molar-refractivity contribution is 5.77. The van der Waals surface area contributed by atoms with Gasteiger partial charge in [0.25, 0.3) is 5.89 Å². The summed E-state index contributed by atoms with van der Waals surface area (Å²) in [6.07, 6.45) is 3.39. The lowest BCUT2D eigenvalue weighted by atomic mass is 10.0. The molecule has 0 aliphatic carbocycles. The predicted octanol–water partition coefficient (Wildman–Crippen LogP) is 5.00. The number of aryl methyl sites for hydroxylation is 3. The molecule has 1 aliphatic heterocycles. The molecule has 0 spiro atoms. The molecule has 1 fully saturated rings. The summed E-state index contributed by atoms with van der Waals surface area (Å²) in [5, 5.41) is 8.23. The lowest BCUT2D eigenvalue weighted by molar-refractivity contribution is -0.135. The van der Waals surface area contributed by atoms with Crippen LogP contribution in [0.25, 0.3) is 11.4 Å². The fourth-order valence-electron chi connectivity index (χ4n) is 4.36. The van der Waals surface area contributed by atoms with Crippen LogP contribution in [-0.2, 0) is 17.8 Å². The largest absolute Gasteiger partial charge is 0.484 e. The first-order valence-corrected chi connectivity index (χ1v) is 12.3. The molecule has 4 aromatic rings. The summed E-state index contributed by atoms with van der Waals surface area (Å²) < 4.78 is 16.6. The van der Waals surface area contributed by atoms with Crippen molar-refractivity contribution in [2.45, 2.75) is 58.6 Å². The molecular formula is C27H29N5O4. The van der Waals surface area contributed by atoms with Crippen molar-refractivity contribution < 1.29 is 18.6 Å². The summed E-state index contributed by atoms with van der Waals surface area (Å²) >= 11 is 0. The molecule has 1 aliphatic rings. The molecule has 2 aromatic heterocycles. The number of rotatable bonds is 8. The number of carbonyl (C=O) groups is 1. The highest BCUT2D eigenvalue weighted by Crippen LogP contribution is 2.30. The molecule has 36 heavy (non-hydrogen) atoms. The summed E-state index contributed by atoms with van der Waals surface area (Å²) in [5.74, 6) is 2.63.